The second-order valence-corrected chi connectivity index (χ2v) is 10.2. The maximum Gasteiger partial charge on any atom is 0.356 e. The molecular formula is C18H26ClFN5O7P. The topological polar surface area (TPSA) is 161 Å². The van der Waals surface area contributed by atoms with Gasteiger partial charge in [-0.3, -0.25) is 4.57 Å². The zero-order chi connectivity index (χ0) is 23.8. The van der Waals surface area contributed by atoms with Gasteiger partial charge in [0.05, 0.1) is 24.8 Å². The zero-order valence-corrected chi connectivity index (χ0v) is 19.4. The van der Waals surface area contributed by atoms with Crippen molar-refractivity contribution in [1.29, 1.82) is 0 Å². The summed E-state index contributed by atoms with van der Waals surface area (Å²) in [5.74, 6) is -1.09. The van der Waals surface area contributed by atoms with Gasteiger partial charge in [-0.2, -0.15) is 15.1 Å². The van der Waals surface area contributed by atoms with E-state index in [-0.39, 0.29) is 23.6 Å². The maximum atomic E-state index is 15.0. The van der Waals surface area contributed by atoms with Gasteiger partial charge in [0.1, 0.15) is 18.0 Å². The van der Waals surface area contributed by atoms with Crippen LogP contribution in [0.1, 0.15) is 31.9 Å². The number of anilines is 1. The Kier molecular flexibility index (Phi) is 7.51. The fourth-order valence-corrected chi connectivity index (χ4v) is 4.88. The predicted molar refractivity (Wildman–Crippen MR) is 115 cm³/mol. The number of hydrogen-bond donors (Lipinski definition) is 4. The van der Waals surface area contributed by atoms with Gasteiger partial charge in [-0.25, -0.2) is 9.07 Å². The van der Waals surface area contributed by atoms with Gasteiger partial charge in [-0.05, 0) is 24.4 Å². The monoisotopic (exact) mass is 509 g/mol. The van der Waals surface area contributed by atoms with Crippen molar-refractivity contribution in [2.24, 2.45) is 0 Å². The molecule has 4 rings (SSSR count). The first-order valence-electron chi connectivity index (χ1n) is 10.5. The lowest BCUT2D eigenvalue weighted by Gasteiger charge is -2.21. The third kappa shape index (κ3) is 5.30. The highest BCUT2D eigenvalue weighted by Crippen LogP contribution is 2.43. The first kappa shape index (κ1) is 24.7. The highest BCUT2D eigenvalue weighted by Gasteiger charge is 2.47. The molecule has 15 heteroatoms. The van der Waals surface area contributed by atoms with Crippen molar-refractivity contribution in [2.75, 3.05) is 25.6 Å². The lowest BCUT2D eigenvalue weighted by Crippen LogP contribution is -2.34. The molecule has 0 aromatic carbocycles. The zero-order valence-electron chi connectivity index (χ0n) is 17.8. The van der Waals surface area contributed by atoms with Gasteiger partial charge in [0.15, 0.2) is 23.9 Å². The molecule has 4 N–H and O–H groups in total. The normalized spacial score (nSPS) is 27.5. The van der Waals surface area contributed by atoms with Crippen molar-refractivity contribution in [3.05, 3.63) is 11.5 Å². The molecule has 1 aliphatic heterocycles. The maximum absolute atomic E-state index is 15.0. The van der Waals surface area contributed by atoms with Crippen LogP contribution in [0.2, 0.25) is 5.28 Å². The third-order valence-electron chi connectivity index (χ3n) is 5.79. The molecule has 5 atom stereocenters. The van der Waals surface area contributed by atoms with Gasteiger partial charge in [-0.1, -0.05) is 12.8 Å². The second kappa shape index (κ2) is 10.0. The van der Waals surface area contributed by atoms with E-state index in [2.05, 4.69) is 20.4 Å². The van der Waals surface area contributed by atoms with Crippen molar-refractivity contribution in [3.63, 3.8) is 0 Å². The van der Waals surface area contributed by atoms with E-state index in [0.717, 1.165) is 25.7 Å². The molecule has 2 aliphatic rings. The van der Waals surface area contributed by atoms with Crippen molar-refractivity contribution in [2.45, 2.75) is 62.2 Å². The van der Waals surface area contributed by atoms with E-state index < -0.39 is 44.7 Å². The summed E-state index contributed by atoms with van der Waals surface area (Å²) < 4.78 is 43.3. The molecule has 0 amide bonds. The van der Waals surface area contributed by atoms with Gasteiger partial charge in [0.2, 0.25) is 5.28 Å². The number of nitrogens with one attached hydrogen (secondary N) is 1. The number of nitrogens with zero attached hydrogens (tertiary/aromatic N) is 4. The standard InChI is InChI=1S/C18H26ClFN5O7P/c1-30-8-12(33(27,28)29)31-7-11-14(26)13(20)17(32-11)25-16-10(6-21-25)15(23-18(19)24-16)22-9-4-2-3-5-9/h6,9,11-14,17,26H,2-5,7-8H2,1H3,(H,22,23,24)(H2,27,28,29)/t11-,12?,13+,14-,17-/m1/s1. The van der Waals surface area contributed by atoms with Gasteiger partial charge < -0.3 is 34.4 Å². The first-order chi connectivity index (χ1) is 15.7. The van der Waals surface area contributed by atoms with Gasteiger partial charge >= 0.3 is 7.60 Å². The van der Waals surface area contributed by atoms with E-state index in [9.17, 15) is 23.8 Å². The summed E-state index contributed by atoms with van der Waals surface area (Å²) in [6.07, 6.45) is -0.377. The molecule has 1 aliphatic carbocycles. The number of fused-ring (bicyclic) bond motifs is 1. The SMILES string of the molecule is COCC(OC[C@H]1O[C@@H](n2ncc3c(NC4CCCC4)nc(Cl)nc32)[C@@H](F)[C@@H]1O)P(=O)(O)O. The van der Waals surface area contributed by atoms with E-state index in [0.29, 0.717) is 11.2 Å². The van der Waals surface area contributed by atoms with Crippen LogP contribution in [0.4, 0.5) is 10.2 Å². The number of aromatic nitrogens is 4. The Hall–Kier alpha value is -1.44. The Morgan fingerprint density at radius 3 is 2.79 bits per heavy atom. The minimum Gasteiger partial charge on any atom is -0.387 e. The van der Waals surface area contributed by atoms with Crippen LogP contribution < -0.4 is 5.32 Å². The largest absolute Gasteiger partial charge is 0.387 e. The molecule has 1 saturated carbocycles. The molecule has 2 fully saturated rings. The summed E-state index contributed by atoms with van der Waals surface area (Å²) in [7, 11) is -3.38. The number of aliphatic hydroxyl groups is 1. The molecule has 0 radical (unpaired) electrons. The predicted octanol–water partition coefficient (Wildman–Crippen LogP) is 1.60. The molecule has 33 heavy (non-hydrogen) atoms. The molecule has 2 aromatic heterocycles. The number of ether oxygens (including phenoxy) is 3. The number of alkyl halides is 1. The van der Waals surface area contributed by atoms with E-state index in [1.54, 1.807) is 0 Å². The van der Waals surface area contributed by atoms with Gasteiger partial charge in [0.25, 0.3) is 0 Å². The van der Waals surface area contributed by atoms with E-state index >= 15 is 0 Å². The van der Waals surface area contributed by atoms with Crippen molar-refractivity contribution in [1.82, 2.24) is 19.7 Å². The van der Waals surface area contributed by atoms with Crippen LogP contribution in [0, 0.1) is 0 Å². The van der Waals surface area contributed by atoms with E-state index in [1.807, 2.05) is 0 Å². The van der Waals surface area contributed by atoms with Crippen molar-refractivity contribution >= 4 is 36.0 Å². The average molecular weight is 510 g/mol. The van der Waals surface area contributed by atoms with Crippen molar-refractivity contribution in [3.8, 4) is 0 Å². The molecule has 12 nitrogen and oxygen atoms in total. The van der Waals surface area contributed by atoms with Crippen LogP contribution in [0.15, 0.2) is 6.20 Å². The molecule has 184 valence electrons. The summed E-state index contributed by atoms with van der Waals surface area (Å²) in [5, 5.41) is 18.3. The van der Waals surface area contributed by atoms with E-state index in [4.69, 9.17) is 25.8 Å². The number of hydrogen-bond acceptors (Lipinski definition) is 9. The smallest absolute Gasteiger partial charge is 0.356 e. The number of halogens is 2. The van der Waals surface area contributed by atoms with Crippen LogP contribution >= 0.6 is 19.2 Å². The van der Waals surface area contributed by atoms with Crippen LogP contribution in [-0.4, -0.2) is 85.2 Å². The van der Waals surface area contributed by atoms with Crippen LogP contribution in [0.3, 0.4) is 0 Å². The van der Waals surface area contributed by atoms with Crippen LogP contribution in [0.25, 0.3) is 11.0 Å². The van der Waals surface area contributed by atoms with Gasteiger partial charge in [-0.15, -0.1) is 0 Å². The minimum absolute atomic E-state index is 0.0531. The second-order valence-electron chi connectivity index (χ2n) is 8.13. The Morgan fingerprint density at radius 2 is 2.12 bits per heavy atom. The van der Waals surface area contributed by atoms with Crippen LogP contribution in [-0.2, 0) is 18.8 Å². The molecule has 0 spiro atoms. The number of methoxy groups -OCH3 is 1. The molecular weight excluding hydrogens is 484 g/mol. The Labute approximate surface area is 193 Å². The Bertz CT molecular complexity index is 1020. The first-order valence-corrected chi connectivity index (χ1v) is 12.6. The van der Waals surface area contributed by atoms with E-state index in [1.165, 1.54) is 18.0 Å². The Balaban J connectivity index is 1.53. The molecule has 0 bridgehead atoms. The summed E-state index contributed by atoms with van der Waals surface area (Å²) in [6.45, 7) is -0.855. The molecule has 2 aromatic rings. The number of rotatable bonds is 9. The van der Waals surface area contributed by atoms with Crippen molar-refractivity contribution < 1.29 is 38.1 Å². The average Bonchev–Trinajstić information content (AvgIpc) is 3.46. The highest BCUT2D eigenvalue weighted by molar-refractivity contribution is 7.52. The fourth-order valence-electron chi connectivity index (χ4n) is 4.09. The van der Waals surface area contributed by atoms with Crippen LogP contribution in [0.5, 0.6) is 0 Å². The summed E-state index contributed by atoms with van der Waals surface area (Å²) in [4.78, 5) is 27.1. The quantitative estimate of drug-likeness (QED) is 0.287. The fraction of sp³-hybridized carbons (Fsp3) is 0.722. The lowest BCUT2D eigenvalue weighted by molar-refractivity contribution is -0.0809. The number of aliphatic hydroxyl groups excluding tert-OH is 1. The summed E-state index contributed by atoms with van der Waals surface area (Å²) in [5.41, 5.74) is 0.226. The summed E-state index contributed by atoms with van der Waals surface area (Å²) >= 11 is 6.10. The molecule has 3 heterocycles. The third-order valence-corrected chi connectivity index (χ3v) is 7.01. The molecule has 1 unspecified atom stereocenters. The lowest BCUT2D eigenvalue weighted by atomic mass is 10.1. The highest BCUT2D eigenvalue weighted by atomic mass is 35.5. The molecule has 1 saturated heterocycles. The summed E-state index contributed by atoms with van der Waals surface area (Å²) in [6, 6.07) is 0.247. The Morgan fingerprint density at radius 1 is 1.39 bits per heavy atom. The minimum atomic E-state index is -4.64. The van der Waals surface area contributed by atoms with Gasteiger partial charge in [0, 0.05) is 13.2 Å².